The van der Waals surface area contributed by atoms with E-state index in [0.29, 0.717) is 0 Å². The summed E-state index contributed by atoms with van der Waals surface area (Å²) in [6, 6.07) is 22.9. The minimum Gasteiger partial charge on any atom is -0.265 e. The molecule has 0 aliphatic carbocycles. The maximum absolute atomic E-state index is 9.82. The zero-order valence-electron chi connectivity index (χ0n) is 16.5. The number of hydrogen-bond acceptors (Lipinski definition) is 10. The Bertz CT molecular complexity index is 857. The van der Waals surface area contributed by atoms with Crippen molar-refractivity contribution in [3.63, 3.8) is 0 Å². The number of rotatable bonds is 0. The van der Waals surface area contributed by atoms with Crippen molar-refractivity contribution < 1.29 is 50.1 Å². The number of nitrogens with zero attached hydrogens (tertiary/aromatic N) is 4. The molecule has 0 amide bonds. The molecule has 0 bridgehead atoms. The third-order valence-electron chi connectivity index (χ3n) is 2.52. The first-order valence-corrected chi connectivity index (χ1v) is 16.9. The first kappa shape index (κ1) is 27.0. The molecule has 4 aromatic heterocycles. The van der Waals surface area contributed by atoms with Crippen molar-refractivity contribution in [2.75, 3.05) is 0 Å². The predicted molar refractivity (Wildman–Crippen MR) is 102 cm³/mol. The van der Waals surface area contributed by atoms with Crippen LogP contribution in [0.3, 0.4) is 0 Å². The van der Waals surface area contributed by atoms with Gasteiger partial charge in [0.15, 0.2) is 0 Å². The van der Waals surface area contributed by atoms with E-state index in [2.05, 4.69) is 24.6 Å². The first-order valence-electron chi connectivity index (χ1n) is 8.55. The zero-order chi connectivity index (χ0) is 23.4. The minimum absolute atomic E-state index is 1.75. The second kappa shape index (κ2) is 16.7. The summed E-state index contributed by atoms with van der Waals surface area (Å²) in [5.41, 5.74) is 0. The van der Waals surface area contributed by atoms with Crippen LogP contribution in [0.4, 0.5) is 0 Å². The smallest absolute Gasteiger partial charge is 0.0267 e. The normalized spacial score (nSPS) is 15.8. The van der Waals surface area contributed by atoms with Crippen molar-refractivity contribution in [1.29, 1.82) is 0 Å². The van der Waals surface area contributed by atoms with Crippen LogP contribution in [0.1, 0.15) is 0 Å². The maximum atomic E-state index is 9.82. The minimum atomic E-state index is -5.12. The van der Waals surface area contributed by atoms with E-state index in [0.717, 1.165) is 0 Å². The van der Waals surface area contributed by atoms with Crippen LogP contribution in [0.2, 0.25) is 0 Å². The van der Waals surface area contributed by atoms with E-state index in [4.69, 9.17) is 0 Å². The summed E-state index contributed by atoms with van der Waals surface area (Å²) in [7, 11) is 0. The Morgan fingerprint density at radius 1 is 0.344 bits per heavy atom. The topological polar surface area (TPSA) is 138 Å². The average molecular weight is 793 g/mol. The van der Waals surface area contributed by atoms with E-state index in [1.165, 1.54) is 0 Å². The van der Waals surface area contributed by atoms with Crippen LogP contribution < -0.4 is 0 Å². The second-order valence-electron chi connectivity index (χ2n) is 4.91. The molecule has 172 valence electrons. The molecule has 0 saturated carbocycles. The summed E-state index contributed by atoms with van der Waals surface area (Å²) in [6.07, 6.45) is 14.0. The molecule has 4 aromatic rings. The van der Waals surface area contributed by atoms with Crippen molar-refractivity contribution in [2.24, 2.45) is 0 Å². The van der Waals surface area contributed by atoms with Gasteiger partial charge in [-0.25, -0.2) is 0 Å². The van der Waals surface area contributed by atoms with Gasteiger partial charge in [0.1, 0.15) is 0 Å². The molecule has 5 heterocycles. The van der Waals surface area contributed by atoms with Gasteiger partial charge >= 0.3 is 50.1 Å². The molecule has 1 fully saturated rings. The summed E-state index contributed by atoms with van der Waals surface area (Å²) in [5.74, 6) is 0. The molecule has 0 aromatic carbocycles. The molecule has 5 rings (SSSR count). The third-order valence-corrected chi connectivity index (χ3v) is 19.0. The average Bonchev–Trinajstić information content (AvgIpc) is 2.83. The van der Waals surface area contributed by atoms with E-state index in [1.807, 2.05) is 72.8 Å². The summed E-state index contributed by atoms with van der Waals surface area (Å²) < 4.78 is 46.2. The van der Waals surface area contributed by atoms with Crippen molar-refractivity contribution in [3.05, 3.63) is 122 Å². The van der Waals surface area contributed by atoms with Crippen LogP contribution in [0.15, 0.2) is 122 Å². The Kier molecular flexibility index (Phi) is 14.1. The monoisotopic (exact) mass is 796 g/mol. The Balaban J connectivity index is 0.000000201. The maximum Gasteiger partial charge on any atom is 0.0267 e. The molecule has 0 radical (unpaired) electrons. The Labute approximate surface area is 191 Å². The Morgan fingerprint density at radius 2 is 0.531 bits per heavy atom. The van der Waals surface area contributed by atoms with Crippen LogP contribution in [0.25, 0.3) is 0 Å². The number of aromatic nitrogens is 4. The molecule has 0 spiro atoms. The van der Waals surface area contributed by atoms with E-state index >= 15 is 0 Å². The fraction of sp³-hybridized carbons (Fsp3) is 0. The standard InChI is InChI=1S/4C5H5N.6O.2Os/c4*1-2-4-6-5-3-1;;;;;;;;/h4*1-5H;;;;;;;;. The SMILES string of the molecule is [O]=[Os]1(=[O])[O][Os](=[O])(=[O])[O]1.c1ccncc1.c1ccncc1.c1ccncc1.c1ccncc1. The summed E-state index contributed by atoms with van der Waals surface area (Å²) in [6.45, 7) is 0. The Morgan fingerprint density at radius 3 is 0.562 bits per heavy atom. The largest absolute Gasteiger partial charge is 0.265 e. The van der Waals surface area contributed by atoms with Crippen LogP contribution in [0.5, 0.6) is 0 Å². The summed E-state index contributed by atoms with van der Waals surface area (Å²) >= 11 is -10.2. The second-order valence-corrected chi connectivity index (χ2v) is 16.7. The van der Waals surface area contributed by atoms with Gasteiger partial charge in [0, 0.05) is 49.6 Å². The molecule has 0 N–H and O–H groups in total. The van der Waals surface area contributed by atoms with Crippen molar-refractivity contribution in [1.82, 2.24) is 19.9 Å². The molecule has 0 unspecified atom stereocenters. The predicted octanol–water partition coefficient (Wildman–Crippen LogP) is 3.71. The molecular formula is C20H20N4O6Os2. The molecule has 10 nitrogen and oxygen atoms in total. The van der Waals surface area contributed by atoms with Gasteiger partial charge in [-0.05, 0) is 48.5 Å². The zero-order valence-corrected chi connectivity index (χ0v) is 21.6. The summed E-state index contributed by atoms with van der Waals surface area (Å²) in [5, 5.41) is 0. The van der Waals surface area contributed by atoms with Gasteiger partial charge in [-0.1, -0.05) is 24.3 Å². The van der Waals surface area contributed by atoms with Crippen molar-refractivity contribution in [3.8, 4) is 0 Å². The van der Waals surface area contributed by atoms with Gasteiger partial charge in [-0.15, -0.1) is 0 Å². The molecule has 1 aliphatic heterocycles. The Hall–Kier alpha value is -3.01. The van der Waals surface area contributed by atoms with Crippen LogP contribution >= 0.6 is 0 Å². The molecule has 1 aliphatic rings. The van der Waals surface area contributed by atoms with E-state index in [1.54, 1.807) is 49.6 Å². The molecule has 1 saturated heterocycles. The van der Waals surface area contributed by atoms with Crippen molar-refractivity contribution in [2.45, 2.75) is 0 Å². The molecule has 12 heteroatoms. The van der Waals surface area contributed by atoms with Crippen LogP contribution in [-0.4, -0.2) is 19.9 Å². The van der Waals surface area contributed by atoms with E-state index < -0.39 is 31.3 Å². The van der Waals surface area contributed by atoms with Gasteiger partial charge < -0.3 is 0 Å². The summed E-state index contributed by atoms with van der Waals surface area (Å²) in [4.78, 5) is 15.1. The molecular weight excluding hydrogens is 773 g/mol. The first-order chi connectivity index (χ1) is 15.4. The van der Waals surface area contributed by atoms with Gasteiger partial charge in [0.2, 0.25) is 0 Å². The third kappa shape index (κ3) is 16.8. The van der Waals surface area contributed by atoms with Gasteiger partial charge in [0.25, 0.3) is 0 Å². The van der Waals surface area contributed by atoms with Crippen LogP contribution in [0, 0.1) is 0 Å². The van der Waals surface area contributed by atoms with Gasteiger partial charge in [-0.2, -0.15) is 0 Å². The molecule has 0 atom stereocenters. The fourth-order valence-electron chi connectivity index (χ4n) is 1.41. The fourth-order valence-corrected chi connectivity index (χ4v) is 11.8. The van der Waals surface area contributed by atoms with E-state index in [9.17, 15) is 14.2 Å². The number of pyridine rings is 4. The molecule has 32 heavy (non-hydrogen) atoms. The van der Waals surface area contributed by atoms with Gasteiger partial charge in [0.05, 0.1) is 0 Å². The quantitative estimate of drug-likeness (QED) is 0.259. The van der Waals surface area contributed by atoms with E-state index in [-0.39, 0.29) is 0 Å². The number of hydrogen-bond donors (Lipinski definition) is 0. The van der Waals surface area contributed by atoms with Crippen molar-refractivity contribution >= 4 is 0 Å². The van der Waals surface area contributed by atoms with Gasteiger partial charge in [-0.3, -0.25) is 19.9 Å². The van der Waals surface area contributed by atoms with Crippen LogP contribution in [-0.2, 0) is 50.1 Å².